The predicted molar refractivity (Wildman–Crippen MR) is 60.8 cm³/mol. The van der Waals surface area contributed by atoms with Gasteiger partial charge >= 0.3 is 12.0 Å². The summed E-state index contributed by atoms with van der Waals surface area (Å²) < 4.78 is 0. The number of hydrogen-bond acceptors (Lipinski definition) is 4. The second-order valence-electron chi connectivity index (χ2n) is 3.87. The van der Waals surface area contributed by atoms with E-state index in [4.69, 9.17) is 10.8 Å². The number of amides is 3. The Labute approximate surface area is 103 Å². The van der Waals surface area contributed by atoms with Crippen LogP contribution in [0.3, 0.4) is 0 Å². The zero-order valence-corrected chi connectivity index (χ0v) is 9.98. The van der Waals surface area contributed by atoms with E-state index < -0.39 is 30.2 Å². The Kier molecular flexibility index (Phi) is 4.03. The number of carboxylic acid groups (broad SMARTS) is 1. The first-order chi connectivity index (χ1) is 8.32. The van der Waals surface area contributed by atoms with Crippen molar-refractivity contribution >= 4 is 17.9 Å². The van der Waals surface area contributed by atoms with Gasteiger partial charge in [-0.3, -0.25) is 20.0 Å². The van der Waals surface area contributed by atoms with Crippen LogP contribution >= 0.6 is 0 Å². The molecule has 1 rings (SSSR count). The molecule has 1 aromatic rings. The van der Waals surface area contributed by atoms with E-state index in [-0.39, 0.29) is 5.69 Å². The Morgan fingerprint density at radius 1 is 1.44 bits per heavy atom. The van der Waals surface area contributed by atoms with Crippen LogP contribution in [0.15, 0.2) is 0 Å². The fourth-order valence-corrected chi connectivity index (χ4v) is 1.52. The van der Waals surface area contributed by atoms with Gasteiger partial charge in [-0.25, -0.2) is 4.79 Å². The highest BCUT2D eigenvalue weighted by molar-refractivity contribution is 5.95. The van der Waals surface area contributed by atoms with Crippen LogP contribution in [0.2, 0.25) is 0 Å². The largest absolute Gasteiger partial charge is 0.481 e. The summed E-state index contributed by atoms with van der Waals surface area (Å²) in [6.45, 7) is 3.45. The third-order valence-corrected chi connectivity index (χ3v) is 2.57. The van der Waals surface area contributed by atoms with Crippen LogP contribution in [-0.2, 0) is 9.59 Å². The molecule has 0 radical (unpaired) electrons. The van der Waals surface area contributed by atoms with Gasteiger partial charge in [-0.05, 0) is 19.4 Å². The fraction of sp³-hybridized carbons (Fsp3) is 0.400. The number of aliphatic carboxylic acids is 1. The minimum absolute atomic E-state index is 0.277. The van der Waals surface area contributed by atoms with Gasteiger partial charge in [0.1, 0.15) is 5.92 Å². The number of carboxylic acids is 1. The highest BCUT2D eigenvalue weighted by Gasteiger charge is 2.28. The molecular formula is C10H14N4O4. The summed E-state index contributed by atoms with van der Waals surface area (Å²) in [7, 11) is 0. The molecule has 0 fully saturated rings. The number of H-pyrrole nitrogens is 1. The Morgan fingerprint density at radius 2 is 2.06 bits per heavy atom. The Hall–Kier alpha value is -2.38. The van der Waals surface area contributed by atoms with Crippen LogP contribution in [0.25, 0.3) is 0 Å². The Morgan fingerprint density at radius 3 is 2.44 bits per heavy atom. The smallest absolute Gasteiger partial charge is 0.318 e. The first-order valence-corrected chi connectivity index (χ1v) is 5.16. The number of urea groups is 1. The maximum Gasteiger partial charge on any atom is 0.318 e. The van der Waals surface area contributed by atoms with Crippen molar-refractivity contribution in [3.8, 4) is 0 Å². The molecule has 8 nitrogen and oxygen atoms in total. The average molecular weight is 254 g/mol. The molecule has 8 heteroatoms. The summed E-state index contributed by atoms with van der Waals surface area (Å²) in [4.78, 5) is 33.0. The minimum atomic E-state index is -1.19. The molecule has 1 heterocycles. The van der Waals surface area contributed by atoms with Gasteiger partial charge < -0.3 is 10.8 Å². The van der Waals surface area contributed by atoms with Crippen LogP contribution in [0, 0.1) is 13.8 Å². The zero-order chi connectivity index (χ0) is 13.9. The van der Waals surface area contributed by atoms with Gasteiger partial charge in [-0.1, -0.05) is 0 Å². The van der Waals surface area contributed by atoms with Crippen molar-refractivity contribution in [2.75, 3.05) is 0 Å². The van der Waals surface area contributed by atoms with Crippen molar-refractivity contribution in [1.82, 2.24) is 15.5 Å². The maximum atomic E-state index is 11.3. The lowest BCUT2D eigenvalue weighted by molar-refractivity contribution is -0.140. The molecule has 0 aliphatic rings. The number of carbonyl (C=O) groups is 3. The van der Waals surface area contributed by atoms with Crippen LogP contribution < -0.4 is 11.1 Å². The Balaban J connectivity index is 2.91. The lowest BCUT2D eigenvalue weighted by Gasteiger charge is -2.10. The lowest BCUT2D eigenvalue weighted by atomic mass is 9.97. The SMILES string of the molecule is Cc1[nH]nc(C(CC(=O)NC(N)=O)C(=O)O)c1C. The number of imide groups is 1. The number of nitrogens with zero attached hydrogens (tertiary/aromatic N) is 1. The van der Waals surface area contributed by atoms with E-state index in [2.05, 4.69) is 10.2 Å². The van der Waals surface area contributed by atoms with Crippen LogP contribution in [0.5, 0.6) is 0 Å². The number of primary amides is 1. The summed E-state index contributed by atoms with van der Waals surface area (Å²) >= 11 is 0. The van der Waals surface area contributed by atoms with E-state index in [1.807, 2.05) is 5.32 Å². The molecule has 18 heavy (non-hydrogen) atoms. The van der Waals surface area contributed by atoms with Gasteiger partial charge in [0.05, 0.1) is 5.69 Å². The van der Waals surface area contributed by atoms with Crippen molar-refractivity contribution < 1.29 is 19.5 Å². The number of aromatic amines is 1. The summed E-state index contributed by atoms with van der Waals surface area (Å²) in [6, 6.07) is -1.01. The number of aromatic nitrogens is 2. The monoisotopic (exact) mass is 254 g/mol. The van der Waals surface area contributed by atoms with Crippen molar-refractivity contribution in [3.63, 3.8) is 0 Å². The van der Waals surface area contributed by atoms with Crippen LogP contribution in [0.4, 0.5) is 4.79 Å². The summed E-state index contributed by atoms with van der Waals surface area (Å²) in [5.41, 5.74) is 6.46. The maximum absolute atomic E-state index is 11.3. The molecule has 0 saturated carbocycles. The first kappa shape index (κ1) is 13.7. The molecule has 0 aromatic carbocycles. The number of nitrogens with two attached hydrogens (primary N) is 1. The molecule has 1 atom stereocenters. The van der Waals surface area contributed by atoms with E-state index in [0.29, 0.717) is 5.56 Å². The van der Waals surface area contributed by atoms with Gasteiger partial charge in [0.2, 0.25) is 5.91 Å². The highest BCUT2D eigenvalue weighted by atomic mass is 16.4. The highest BCUT2D eigenvalue weighted by Crippen LogP contribution is 2.23. The van der Waals surface area contributed by atoms with Gasteiger partial charge in [-0.2, -0.15) is 5.10 Å². The number of aryl methyl sites for hydroxylation is 1. The average Bonchev–Trinajstić information content (AvgIpc) is 2.55. The molecular weight excluding hydrogens is 240 g/mol. The van der Waals surface area contributed by atoms with Crippen molar-refractivity contribution in [1.29, 1.82) is 0 Å². The Bertz CT molecular complexity index is 494. The molecule has 0 spiro atoms. The van der Waals surface area contributed by atoms with E-state index in [1.54, 1.807) is 13.8 Å². The van der Waals surface area contributed by atoms with Crippen molar-refractivity contribution in [3.05, 3.63) is 17.0 Å². The molecule has 0 saturated heterocycles. The van der Waals surface area contributed by atoms with E-state index >= 15 is 0 Å². The number of nitrogens with one attached hydrogen (secondary N) is 2. The molecule has 5 N–H and O–H groups in total. The third-order valence-electron chi connectivity index (χ3n) is 2.57. The third kappa shape index (κ3) is 3.06. The van der Waals surface area contributed by atoms with E-state index in [1.165, 1.54) is 0 Å². The van der Waals surface area contributed by atoms with Crippen LogP contribution in [0.1, 0.15) is 29.3 Å². The molecule has 1 unspecified atom stereocenters. The van der Waals surface area contributed by atoms with Gasteiger partial charge in [-0.15, -0.1) is 0 Å². The topological polar surface area (TPSA) is 138 Å². The van der Waals surface area contributed by atoms with Crippen LogP contribution in [-0.4, -0.2) is 33.2 Å². The standard InChI is InChI=1S/C10H14N4O4/c1-4-5(2)13-14-8(4)6(9(16)17)3-7(15)12-10(11)18/h6H,3H2,1-2H3,(H,13,14)(H,16,17)(H3,11,12,15,18). The minimum Gasteiger partial charge on any atom is -0.481 e. The van der Waals surface area contributed by atoms with E-state index in [9.17, 15) is 14.4 Å². The van der Waals surface area contributed by atoms with Crippen molar-refractivity contribution in [2.24, 2.45) is 5.73 Å². The molecule has 0 aliphatic carbocycles. The predicted octanol–water partition coefficient (Wildman–Crippen LogP) is -0.220. The number of carbonyl (C=O) groups excluding carboxylic acids is 2. The molecule has 1 aromatic heterocycles. The molecule has 3 amide bonds. The lowest BCUT2D eigenvalue weighted by Crippen LogP contribution is -2.36. The molecule has 98 valence electrons. The molecule has 0 bridgehead atoms. The van der Waals surface area contributed by atoms with Gasteiger partial charge in [0, 0.05) is 12.1 Å². The van der Waals surface area contributed by atoms with E-state index in [0.717, 1.165) is 5.69 Å². The van der Waals surface area contributed by atoms with Crippen molar-refractivity contribution in [2.45, 2.75) is 26.2 Å². The first-order valence-electron chi connectivity index (χ1n) is 5.16. The van der Waals surface area contributed by atoms with Gasteiger partial charge in [0.15, 0.2) is 0 Å². The second kappa shape index (κ2) is 5.30. The number of hydrogen-bond donors (Lipinski definition) is 4. The summed E-state index contributed by atoms with van der Waals surface area (Å²) in [5.74, 6) is -3.06. The van der Waals surface area contributed by atoms with Gasteiger partial charge in [0.25, 0.3) is 0 Å². The normalized spacial score (nSPS) is 11.9. The summed E-state index contributed by atoms with van der Waals surface area (Å²) in [5, 5.41) is 17.4. The number of rotatable bonds is 4. The zero-order valence-electron chi connectivity index (χ0n) is 9.98. The molecule has 0 aliphatic heterocycles. The fourth-order valence-electron chi connectivity index (χ4n) is 1.52. The second-order valence-corrected chi connectivity index (χ2v) is 3.87. The summed E-state index contributed by atoms with van der Waals surface area (Å²) in [6.07, 6.45) is -0.399. The quantitative estimate of drug-likeness (QED) is 0.588.